The van der Waals surface area contributed by atoms with E-state index < -0.39 is 12.0 Å². The van der Waals surface area contributed by atoms with E-state index in [0.29, 0.717) is 30.9 Å². The highest BCUT2D eigenvalue weighted by molar-refractivity contribution is 7.99. The van der Waals surface area contributed by atoms with E-state index in [0.717, 1.165) is 23.2 Å². The Labute approximate surface area is 163 Å². The Balaban J connectivity index is 1.51. The highest BCUT2D eigenvalue weighted by Crippen LogP contribution is 2.29. The van der Waals surface area contributed by atoms with Crippen LogP contribution in [0.4, 0.5) is 18.9 Å². The van der Waals surface area contributed by atoms with E-state index in [2.05, 4.69) is 15.1 Å². The molecule has 2 N–H and O–H groups in total. The number of amides is 1. The Morgan fingerprint density at radius 2 is 1.82 bits per heavy atom. The largest absolute Gasteiger partial charge is 0.497 e. The number of halogens is 3. The molecule has 1 aromatic carbocycles. The molecule has 0 spiro atoms. The molecular formula is C16H19F3N6O2S. The van der Waals surface area contributed by atoms with Gasteiger partial charge >= 0.3 is 6.18 Å². The number of ether oxygens (including phenoxy) is 1. The minimum atomic E-state index is -4.69. The molecule has 0 saturated carbocycles. The van der Waals surface area contributed by atoms with Crippen LogP contribution in [0.3, 0.4) is 0 Å². The molecule has 1 saturated heterocycles. The van der Waals surface area contributed by atoms with Crippen LogP contribution >= 0.6 is 11.8 Å². The molecule has 1 aliphatic rings. The number of nitrogens with two attached hydrogens (primary N) is 1. The standard InChI is InChI=1S/C16H19F3N6O2S/c1-27-12-4-2-11(3-5-12)23-6-8-24(9-7-23)13(26)10-28-15-22-21-14(25(15)20)16(17,18)19/h2-5H,6-10,20H2,1H3. The molecule has 8 nitrogen and oxygen atoms in total. The van der Waals surface area contributed by atoms with Crippen molar-refractivity contribution in [2.45, 2.75) is 11.3 Å². The summed E-state index contributed by atoms with van der Waals surface area (Å²) in [5.41, 5.74) is 1.04. The second-order valence-electron chi connectivity index (χ2n) is 6.03. The number of carbonyl (C=O) groups is 1. The van der Waals surface area contributed by atoms with Gasteiger partial charge in [-0.05, 0) is 24.3 Å². The lowest BCUT2D eigenvalue weighted by Crippen LogP contribution is -2.49. The number of hydrogen-bond donors (Lipinski definition) is 1. The normalized spacial score (nSPS) is 15.0. The molecule has 1 amide bonds. The van der Waals surface area contributed by atoms with E-state index in [-0.39, 0.29) is 16.8 Å². The molecule has 0 radical (unpaired) electrons. The zero-order valence-electron chi connectivity index (χ0n) is 15.0. The molecule has 1 fully saturated rings. The Morgan fingerprint density at radius 1 is 1.18 bits per heavy atom. The lowest BCUT2D eigenvalue weighted by atomic mass is 10.2. The van der Waals surface area contributed by atoms with Gasteiger partial charge in [0.15, 0.2) is 0 Å². The van der Waals surface area contributed by atoms with Crippen LogP contribution in [0.2, 0.25) is 0 Å². The Morgan fingerprint density at radius 3 is 2.36 bits per heavy atom. The minimum Gasteiger partial charge on any atom is -0.497 e. The highest BCUT2D eigenvalue weighted by Gasteiger charge is 2.38. The summed E-state index contributed by atoms with van der Waals surface area (Å²) < 4.78 is 43.5. The van der Waals surface area contributed by atoms with Gasteiger partial charge in [-0.15, -0.1) is 10.2 Å². The smallest absolute Gasteiger partial charge is 0.453 e. The van der Waals surface area contributed by atoms with Crippen LogP contribution < -0.4 is 15.5 Å². The molecule has 3 rings (SSSR count). The number of methoxy groups -OCH3 is 1. The van der Waals surface area contributed by atoms with Crippen molar-refractivity contribution >= 4 is 23.4 Å². The number of rotatable bonds is 5. The zero-order valence-corrected chi connectivity index (χ0v) is 15.8. The van der Waals surface area contributed by atoms with Crippen molar-refractivity contribution in [3.8, 4) is 5.75 Å². The fourth-order valence-corrected chi connectivity index (χ4v) is 3.55. The van der Waals surface area contributed by atoms with Crippen molar-refractivity contribution in [2.24, 2.45) is 0 Å². The summed E-state index contributed by atoms with van der Waals surface area (Å²) in [5, 5.41) is 6.29. The molecule has 0 atom stereocenters. The quantitative estimate of drug-likeness (QED) is 0.583. The van der Waals surface area contributed by atoms with Gasteiger partial charge in [-0.2, -0.15) is 13.2 Å². The average Bonchev–Trinajstić information content (AvgIpc) is 3.07. The van der Waals surface area contributed by atoms with E-state index in [1.807, 2.05) is 24.3 Å². The van der Waals surface area contributed by atoms with Crippen LogP contribution in [0.5, 0.6) is 5.75 Å². The number of piperazine rings is 1. The van der Waals surface area contributed by atoms with Gasteiger partial charge in [-0.1, -0.05) is 11.8 Å². The molecule has 2 aromatic rings. The Bertz CT molecular complexity index is 819. The second-order valence-corrected chi connectivity index (χ2v) is 6.97. The van der Waals surface area contributed by atoms with E-state index >= 15 is 0 Å². The number of nitrogens with zero attached hydrogens (tertiary/aromatic N) is 5. The van der Waals surface area contributed by atoms with Crippen molar-refractivity contribution in [3.63, 3.8) is 0 Å². The van der Waals surface area contributed by atoms with E-state index in [1.54, 1.807) is 12.0 Å². The molecule has 0 unspecified atom stereocenters. The summed E-state index contributed by atoms with van der Waals surface area (Å²) in [7, 11) is 1.61. The number of aromatic nitrogens is 3. The van der Waals surface area contributed by atoms with Crippen molar-refractivity contribution < 1.29 is 22.7 Å². The first-order valence-corrected chi connectivity index (χ1v) is 9.35. The topological polar surface area (TPSA) is 89.5 Å². The summed E-state index contributed by atoms with van der Waals surface area (Å²) in [5.74, 6) is 4.60. The van der Waals surface area contributed by atoms with Gasteiger partial charge in [0.1, 0.15) is 5.75 Å². The monoisotopic (exact) mass is 416 g/mol. The maximum atomic E-state index is 12.7. The fourth-order valence-electron chi connectivity index (χ4n) is 2.79. The van der Waals surface area contributed by atoms with Gasteiger partial charge in [0.2, 0.25) is 11.1 Å². The summed E-state index contributed by atoms with van der Waals surface area (Å²) in [6.07, 6.45) is -4.69. The number of nitrogen functional groups attached to an aromatic ring is 1. The van der Waals surface area contributed by atoms with Crippen LogP contribution in [0.15, 0.2) is 29.4 Å². The number of benzene rings is 1. The average molecular weight is 416 g/mol. The van der Waals surface area contributed by atoms with E-state index in [9.17, 15) is 18.0 Å². The fraction of sp³-hybridized carbons (Fsp3) is 0.438. The van der Waals surface area contributed by atoms with Crippen molar-refractivity contribution in [2.75, 3.05) is 49.8 Å². The zero-order chi connectivity index (χ0) is 20.3. The third kappa shape index (κ3) is 4.43. The number of alkyl halides is 3. The molecule has 2 heterocycles. The molecule has 152 valence electrons. The van der Waals surface area contributed by atoms with Crippen LogP contribution in [-0.2, 0) is 11.0 Å². The lowest BCUT2D eigenvalue weighted by Gasteiger charge is -2.36. The van der Waals surface area contributed by atoms with Gasteiger partial charge in [-0.3, -0.25) is 4.79 Å². The molecular weight excluding hydrogens is 397 g/mol. The molecule has 0 bridgehead atoms. The van der Waals surface area contributed by atoms with Crippen LogP contribution in [0, 0.1) is 0 Å². The molecule has 0 aliphatic carbocycles. The molecule has 1 aromatic heterocycles. The summed E-state index contributed by atoms with van der Waals surface area (Å²) >= 11 is 0.833. The predicted octanol–water partition coefficient (Wildman–Crippen LogP) is 1.46. The van der Waals surface area contributed by atoms with Gasteiger partial charge in [-0.25, -0.2) is 4.68 Å². The second kappa shape index (κ2) is 8.17. The summed E-state index contributed by atoms with van der Waals surface area (Å²) in [6.45, 7) is 2.37. The maximum Gasteiger partial charge on any atom is 0.453 e. The Hall–Kier alpha value is -2.63. The minimum absolute atomic E-state index is 0.0598. The first-order valence-electron chi connectivity index (χ1n) is 8.37. The first-order chi connectivity index (χ1) is 13.3. The van der Waals surface area contributed by atoms with Gasteiger partial charge in [0, 0.05) is 31.9 Å². The number of anilines is 1. The van der Waals surface area contributed by atoms with Crippen molar-refractivity contribution in [1.29, 1.82) is 0 Å². The first kappa shape index (κ1) is 20.1. The van der Waals surface area contributed by atoms with Crippen molar-refractivity contribution in [3.05, 3.63) is 30.1 Å². The third-order valence-electron chi connectivity index (χ3n) is 4.31. The number of carbonyl (C=O) groups excluding carboxylic acids is 1. The Kier molecular flexibility index (Phi) is 5.87. The van der Waals surface area contributed by atoms with Gasteiger partial charge in [0.25, 0.3) is 5.82 Å². The summed E-state index contributed by atoms with van der Waals surface area (Å²) in [4.78, 5) is 16.2. The lowest BCUT2D eigenvalue weighted by molar-refractivity contribution is -0.146. The third-order valence-corrected chi connectivity index (χ3v) is 5.24. The van der Waals surface area contributed by atoms with Gasteiger partial charge in [0.05, 0.1) is 12.9 Å². The van der Waals surface area contributed by atoms with Crippen LogP contribution in [-0.4, -0.2) is 64.7 Å². The SMILES string of the molecule is COc1ccc(N2CCN(C(=O)CSc3nnc(C(F)(F)F)n3N)CC2)cc1. The predicted molar refractivity (Wildman–Crippen MR) is 97.7 cm³/mol. The van der Waals surface area contributed by atoms with Gasteiger partial charge < -0.3 is 20.4 Å². The molecule has 1 aliphatic heterocycles. The highest BCUT2D eigenvalue weighted by atomic mass is 32.2. The number of hydrogen-bond acceptors (Lipinski definition) is 7. The maximum absolute atomic E-state index is 12.7. The molecule has 12 heteroatoms. The van der Waals surface area contributed by atoms with Crippen LogP contribution in [0.1, 0.15) is 5.82 Å². The van der Waals surface area contributed by atoms with Crippen molar-refractivity contribution in [1.82, 2.24) is 19.8 Å². The van der Waals surface area contributed by atoms with E-state index in [1.165, 1.54) is 0 Å². The van der Waals surface area contributed by atoms with Crippen LogP contribution in [0.25, 0.3) is 0 Å². The number of thioether (sulfide) groups is 1. The van der Waals surface area contributed by atoms with E-state index in [4.69, 9.17) is 10.6 Å². The summed E-state index contributed by atoms with van der Waals surface area (Å²) in [6, 6.07) is 7.67. The molecule has 28 heavy (non-hydrogen) atoms.